The summed E-state index contributed by atoms with van der Waals surface area (Å²) in [5.41, 5.74) is 3.09. The van der Waals surface area contributed by atoms with Crippen molar-refractivity contribution >= 4 is 35.0 Å². The Hall–Kier alpha value is -3.23. The topological polar surface area (TPSA) is 72.7 Å². The van der Waals surface area contributed by atoms with E-state index in [1.54, 1.807) is 6.20 Å². The van der Waals surface area contributed by atoms with Crippen LogP contribution in [-0.4, -0.2) is 31.4 Å². The summed E-state index contributed by atoms with van der Waals surface area (Å²) >= 11 is 7.01. The number of nitrogens with zero attached hydrogens (tertiary/aromatic N) is 4. The lowest BCUT2D eigenvalue weighted by atomic mass is 10.2. The van der Waals surface area contributed by atoms with Crippen LogP contribution in [0.5, 0.6) is 0 Å². The number of halogens is 2. The maximum atomic E-state index is 13.3. The zero-order valence-corrected chi connectivity index (χ0v) is 18.0. The summed E-state index contributed by atoms with van der Waals surface area (Å²) in [6.45, 7) is 2.01. The number of rotatable bonds is 6. The van der Waals surface area contributed by atoms with Crippen LogP contribution in [0, 0.1) is 12.7 Å². The third-order valence-corrected chi connectivity index (χ3v) is 5.57. The van der Waals surface area contributed by atoms with Crippen molar-refractivity contribution in [1.29, 1.82) is 0 Å². The van der Waals surface area contributed by atoms with Crippen LogP contribution < -0.4 is 5.32 Å². The maximum Gasteiger partial charge on any atom is 0.234 e. The number of thioether (sulfide) groups is 1. The molecule has 0 radical (unpaired) electrons. The van der Waals surface area contributed by atoms with Gasteiger partial charge < -0.3 is 5.32 Å². The molecule has 0 spiro atoms. The van der Waals surface area contributed by atoms with Crippen molar-refractivity contribution < 1.29 is 9.18 Å². The number of pyridine rings is 1. The van der Waals surface area contributed by atoms with Crippen molar-refractivity contribution in [2.24, 2.45) is 0 Å². The van der Waals surface area contributed by atoms with E-state index in [0.717, 1.165) is 11.3 Å². The first kappa shape index (κ1) is 21.0. The Morgan fingerprint density at radius 1 is 1.13 bits per heavy atom. The fraction of sp³-hybridized carbons (Fsp3) is 0.0909. The molecule has 0 atom stereocenters. The minimum absolute atomic E-state index is 0.0513. The predicted molar refractivity (Wildman–Crippen MR) is 120 cm³/mol. The van der Waals surface area contributed by atoms with Gasteiger partial charge in [0, 0.05) is 17.6 Å². The van der Waals surface area contributed by atoms with Crippen LogP contribution in [-0.2, 0) is 4.79 Å². The predicted octanol–water partition coefficient (Wildman–Crippen LogP) is 5.16. The fourth-order valence-electron chi connectivity index (χ4n) is 2.85. The number of hydrogen-bond donors (Lipinski definition) is 1. The van der Waals surface area contributed by atoms with Gasteiger partial charge in [0.05, 0.1) is 10.8 Å². The van der Waals surface area contributed by atoms with Gasteiger partial charge in [-0.3, -0.25) is 14.3 Å². The highest BCUT2D eigenvalue weighted by molar-refractivity contribution is 7.99. The molecule has 0 saturated carbocycles. The number of nitrogens with one attached hydrogen (secondary N) is 1. The first-order valence-corrected chi connectivity index (χ1v) is 10.7. The van der Waals surface area contributed by atoms with Gasteiger partial charge in [-0.15, -0.1) is 10.2 Å². The third kappa shape index (κ3) is 4.92. The number of hydrogen-bond acceptors (Lipinski definition) is 5. The minimum atomic E-state index is -0.540. The second-order valence-corrected chi connectivity index (χ2v) is 8.01. The highest BCUT2D eigenvalue weighted by Gasteiger charge is 2.18. The zero-order valence-electron chi connectivity index (χ0n) is 16.4. The van der Waals surface area contributed by atoms with Crippen molar-refractivity contribution in [2.75, 3.05) is 11.1 Å². The molecular weight excluding hydrogens is 437 g/mol. The summed E-state index contributed by atoms with van der Waals surface area (Å²) in [5.74, 6) is -0.146. The molecule has 1 amide bonds. The quantitative estimate of drug-likeness (QED) is 0.408. The van der Waals surface area contributed by atoms with Gasteiger partial charge in [-0.1, -0.05) is 47.1 Å². The molecule has 2 heterocycles. The average Bonchev–Trinajstić information content (AvgIpc) is 3.20. The van der Waals surface area contributed by atoms with E-state index in [0.29, 0.717) is 22.4 Å². The van der Waals surface area contributed by atoms with Gasteiger partial charge in [0.2, 0.25) is 5.91 Å². The highest BCUT2D eigenvalue weighted by atomic mass is 35.5. The third-order valence-electron chi connectivity index (χ3n) is 4.36. The van der Waals surface area contributed by atoms with Crippen molar-refractivity contribution in [3.05, 3.63) is 83.3 Å². The number of aryl methyl sites for hydroxylation is 1. The van der Waals surface area contributed by atoms with E-state index in [2.05, 4.69) is 20.5 Å². The lowest BCUT2D eigenvalue weighted by molar-refractivity contribution is -0.113. The van der Waals surface area contributed by atoms with Gasteiger partial charge >= 0.3 is 0 Å². The summed E-state index contributed by atoms with van der Waals surface area (Å²) in [7, 11) is 0. The van der Waals surface area contributed by atoms with Crippen LogP contribution in [0.25, 0.3) is 17.2 Å². The van der Waals surface area contributed by atoms with Crippen LogP contribution in [0.1, 0.15) is 5.56 Å². The number of benzene rings is 2. The molecule has 31 heavy (non-hydrogen) atoms. The van der Waals surface area contributed by atoms with E-state index < -0.39 is 5.82 Å². The van der Waals surface area contributed by atoms with Gasteiger partial charge in [0.1, 0.15) is 11.5 Å². The summed E-state index contributed by atoms with van der Waals surface area (Å²) in [5, 5.41) is 11.8. The van der Waals surface area contributed by atoms with E-state index in [4.69, 9.17) is 11.6 Å². The molecule has 1 N–H and O–H groups in total. The molecule has 2 aromatic heterocycles. The molecule has 0 aliphatic rings. The van der Waals surface area contributed by atoms with Crippen molar-refractivity contribution in [3.63, 3.8) is 0 Å². The molecule has 4 rings (SSSR count). The number of anilines is 1. The molecule has 0 aliphatic heterocycles. The van der Waals surface area contributed by atoms with Crippen LogP contribution in [0.4, 0.5) is 10.1 Å². The van der Waals surface area contributed by atoms with Gasteiger partial charge in [0.15, 0.2) is 11.0 Å². The first-order chi connectivity index (χ1) is 15.0. The minimum Gasteiger partial charge on any atom is -0.325 e. The van der Waals surface area contributed by atoms with Crippen molar-refractivity contribution in [2.45, 2.75) is 12.1 Å². The summed E-state index contributed by atoms with van der Waals surface area (Å²) in [6.07, 6.45) is 1.69. The summed E-state index contributed by atoms with van der Waals surface area (Å²) < 4.78 is 15.2. The maximum absolute atomic E-state index is 13.3. The molecule has 2 aromatic carbocycles. The van der Waals surface area contributed by atoms with Crippen molar-refractivity contribution in [1.82, 2.24) is 19.7 Å². The SMILES string of the molecule is Cc1ccc(-n2c(SCC(=O)Nc3ccc(F)c(Cl)c3)nnc2-c2ccccn2)cc1. The zero-order chi connectivity index (χ0) is 21.8. The van der Waals surface area contributed by atoms with E-state index in [1.807, 2.05) is 54.0 Å². The Bertz CT molecular complexity index is 1210. The number of aromatic nitrogens is 4. The van der Waals surface area contributed by atoms with Crippen molar-refractivity contribution in [3.8, 4) is 17.2 Å². The lowest BCUT2D eigenvalue weighted by Gasteiger charge is -2.10. The smallest absolute Gasteiger partial charge is 0.234 e. The number of carbonyl (C=O) groups excluding carboxylic acids is 1. The molecule has 6 nitrogen and oxygen atoms in total. The fourth-order valence-corrected chi connectivity index (χ4v) is 3.78. The van der Waals surface area contributed by atoms with E-state index in [1.165, 1.54) is 30.0 Å². The van der Waals surface area contributed by atoms with Gasteiger partial charge in [-0.05, 0) is 49.4 Å². The van der Waals surface area contributed by atoms with Gasteiger partial charge in [-0.2, -0.15) is 0 Å². The van der Waals surface area contributed by atoms with Crippen LogP contribution in [0.2, 0.25) is 5.02 Å². The Morgan fingerprint density at radius 3 is 2.65 bits per heavy atom. The Morgan fingerprint density at radius 2 is 1.94 bits per heavy atom. The molecule has 0 aliphatic carbocycles. The second kappa shape index (κ2) is 9.28. The lowest BCUT2D eigenvalue weighted by Crippen LogP contribution is -2.14. The van der Waals surface area contributed by atoms with Crippen LogP contribution >= 0.6 is 23.4 Å². The van der Waals surface area contributed by atoms with E-state index >= 15 is 0 Å². The highest BCUT2D eigenvalue weighted by Crippen LogP contribution is 2.27. The molecule has 0 fully saturated rings. The molecule has 4 aromatic rings. The van der Waals surface area contributed by atoms with Gasteiger partial charge in [0.25, 0.3) is 0 Å². The molecule has 156 valence electrons. The van der Waals surface area contributed by atoms with E-state index in [-0.39, 0.29) is 16.7 Å². The van der Waals surface area contributed by atoms with E-state index in [9.17, 15) is 9.18 Å². The molecule has 0 bridgehead atoms. The summed E-state index contributed by atoms with van der Waals surface area (Å²) in [4.78, 5) is 16.8. The van der Waals surface area contributed by atoms with Gasteiger partial charge in [-0.25, -0.2) is 4.39 Å². The molecule has 0 saturated heterocycles. The Balaban J connectivity index is 1.57. The first-order valence-electron chi connectivity index (χ1n) is 9.33. The van der Waals surface area contributed by atoms with Crippen LogP contribution in [0.15, 0.2) is 72.0 Å². The summed E-state index contributed by atoms with van der Waals surface area (Å²) in [6, 6.07) is 17.5. The second-order valence-electron chi connectivity index (χ2n) is 6.66. The average molecular weight is 454 g/mol. The normalized spacial score (nSPS) is 10.8. The number of amides is 1. The molecular formula is C22H17ClFN5OS. The monoisotopic (exact) mass is 453 g/mol. The largest absolute Gasteiger partial charge is 0.325 e. The number of carbonyl (C=O) groups is 1. The standard InChI is InChI=1S/C22H17ClFN5OS/c1-14-5-8-16(9-6-14)29-21(19-4-2-3-11-25-19)27-28-22(29)31-13-20(30)26-15-7-10-18(24)17(23)12-15/h2-12H,13H2,1H3,(H,26,30). The molecule has 9 heteroatoms. The Labute approximate surface area is 187 Å². The molecule has 0 unspecified atom stereocenters. The van der Waals surface area contributed by atoms with Crippen LogP contribution in [0.3, 0.4) is 0 Å². The Kier molecular flexibility index (Phi) is 6.29.